The molecule has 2 saturated heterocycles. The molecule has 3 aliphatic rings. The highest BCUT2D eigenvalue weighted by atomic mass is 16.5. The number of aliphatic hydroxyl groups is 1. The van der Waals surface area contributed by atoms with Gasteiger partial charge in [0.05, 0.1) is 5.60 Å². The van der Waals surface area contributed by atoms with Crippen molar-refractivity contribution in [3.8, 4) is 0 Å². The van der Waals surface area contributed by atoms with Gasteiger partial charge in [0.2, 0.25) is 5.91 Å². The van der Waals surface area contributed by atoms with E-state index < -0.39 is 0 Å². The van der Waals surface area contributed by atoms with Crippen LogP contribution < -0.4 is 5.32 Å². The van der Waals surface area contributed by atoms with Crippen molar-refractivity contribution in [1.82, 2.24) is 5.32 Å². The molecule has 2 N–H and O–H groups in total. The third-order valence-electron chi connectivity index (χ3n) is 4.52. The number of rotatable bonds is 6. The fraction of sp³-hybridized carbons (Fsp3) is 0.929. The van der Waals surface area contributed by atoms with Gasteiger partial charge < -0.3 is 15.2 Å². The minimum absolute atomic E-state index is 0.0812. The Morgan fingerprint density at radius 3 is 2.83 bits per heavy atom. The minimum Gasteiger partial charge on any atom is -0.396 e. The van der Waals surface area contributed by atoms with Gasteiger partial charge in [-0.2, -0.15) is 0 Å². The molecule has 0 aromatic carbocycles. The van der Waals surface area contributed by atoms with E-state index in [0.29, 0.717) is 13.2 Å². The predicted molar refractivity (Wildman–Crippen MR) is 69.1 cm³/mol. The number of aliphatic hydroxyl groups excluding tert-OH is 1. The van der Waals surface area contributed by atoms with E-state index in [0.717, 1.165) is 32.1 Å². The zero-order valence-corrected chi connectivity index (χ0v) is 11.5. The van der Waals surface area contributed by atoms with Crippen molar-refractivity contribution in [1.29, 1.82) is 0 Å². The molecule has 3 rings (SSSR count). The first-order valence-electron chi connectivity index (χ1n) is 7.07. The number of ether oxygens (including phenoxy) is 1. The van der Waals surface area contributed by atoms with E-state index in [1.165, 1.54) is 0 Å². The minimum atomic E-state index is -0.192. The predicted octanol–water partition coefficient (Wildman–Crippen LogP) is 1.47. The number of carbonyl (C=O) groups is 1. The Hall–Kier alpha value is -0.610. The van der Waals surface area contributed by atoms with E-state index in [4.69, 9.17) is 4.74 Å². The average Bonchev–Trinajstić information content (AvgIpc) is 2.35. The summed E-state index contributed by atoms with van der Waals surface area (Å²) in [6, 6.07) is 0. The zero-order valence-electron chi connectivity index (χ0n) is 11.5. The first-order chi connectivity index (χ1) is 8.55. The molecule has 2 bridgehead atoms. The Balaban J connectivity index is 1.79. The van der Waals surface area contributed by atoms with Crippen molar-refractivity contribution in [3.05, 3.63) is 0 Å². The molecule has 3 fully saturated rings. The molecule has 0 radical (unpaired) electrons. The highest BCUT2D eigenvalue weighted by Crippen LogP contribution is 2.55. The normalized spacial score (nSPS) is 35.7. The van der Waals surface area contributed by atoms with Crippen LogP contribution in [-0.2, 0) is 9.53 Å². The van der Waals surface area contributed by atoms with Gasteiger partial charge in [0.15, 0.2) is 0 Å². The van der Waals surface area contributed by atoms with E-state index in [1.807, 2.05) is 6.92 Å². The van der Waals surface area contributed by atoms with E-state index in [9.17, 15) is 9.90 Å². The van der Waals surface area contributed by atoms with Gasteiger partial charge in [0.1, 0.15) is 0 Å². The van der Waals surface area contributed by atoms with Crippen LogP contribution in [0.4, 0.5) is 0 Å². The van der Waals surface area contributed by atoms with Crippen molar-refractivity contribution in [3.63, 3.8) is 0 Å². The summed E-state index contributed by atoms with van der Waals surface area (Å²) in [5, 5.41) is 12.4. The van der Waals surface area contributed by atoms with Gasteiger partial charge in [0, 0.05) is 31.1 Å². The number of carbonyl (C=O) groups excluding carboxylic acids is 1. The lowest BCUT2D eigenvalue weighted by atomic mass is 9.56. The molecule has 1 saturated carbocycles. The summed E-state index contributed by atoms with van der Waals surface area (Å²) < 4.78 is 5.82. The molecule has 2 aliphatic heterocycles. The standard InChI is InChI=1S/C14H25NO3/c1-3-4-11(2)12(17)15-9-14-7-13(8-14,10-16)5-6-18-14/h11,16H,3-10H2,1-2H3,(H,15,17). The molecule has 104 valence electrons. The molecule has 2 heterocycles. The molecule has 0 spiro atoms. The van der Waals surface area contributed by atoms with E-state index in [1.54, 1.807) is 0 Å². The van der Waals surface area contributed by atoms with Crippen LogP contribution in [0.1, 0.15) is 46.0 Å². The lowest BCUT2D eigenvalue weighted by Crippen LogP contribution is -2.64. The molecular weight excluding hydrogens is 230 g/mol. The summed E-state index contributed by atoms with van der Waals surface area (Å²) in [5.41, 5.74) is -0.111. The van der Waals surface area contributed by atoms with Gasteiger partial charge in [-0.3, -0.25) is 4.79 Å². The lowest BCUT2D eigenvalue weighted by molar-refractivity contribution is -0.233. The zero-order chi connectivity index (χ0) is 13.2. The summed E-state index contributed by atoms with van der Waals surface area (Å²) in [4.78, 5) is 11.9. The van der Waals surface area contributed by atoms with Crippen molar-refractivity contribution >= 4 is 5.91 Å². The number of nitrogens with one attached hydrogen (secondary N) is 1. The smallest absolute Gasteiger partial charge is 0.222 e. The van der Waals surface area contributed by atoms with Crippen LogP contribution in [0, 0.1) is 11.3 Å². The maximum atomic E-state index is 11.9. The van der Waals surface area contributed by atoms with Crippen LogP contribution >= 0.6 is 0 Å². The number of hydrogen-bond donors (Lipinski definition) is 2. The second kappa shape index (κ2) is 5.17. The molecule has 0 aromatic rings. The second-order valence-electron chi connectivity index (χ2n) is 6.20. The van der Waals surface area contributed by atoms with Gasteiger partial charge >= 0.3 is 0 Å². The summed E-state index contributed by atoms with van der Waals surface area (Å²) in [6.45, 7) is 5.62. The van der Waals surface area contributed by atoms with Crippen molar-refractivity contribution < 1.29 is 14.6 Å². The fourth-order valence-corrected chi connectivity index (χ4v) is 3.43. The van der Waals surface area contributed by atoms with Gasteiger partial charge in [-0.15, -0.1) is 0 Å². The van der Waals surface area contributed by atoms with Crippen LogP contribution in [0.15, 0.2) is 0 Å². The third-order valence-corrected chi connectivity index (χ3v) is 4.52. The monoisotopic (exact) mass is 255 g/mol. The van der Waals surface area contributed by atoms with Crippen LogP contribution in [0.25, 0.3) is 0 Å². The molecule has 4 nitrogen and oxygen atoms in total. The average molecular weight is 255 g/mol. The van der Waals surface area contributed by atoms with E-state index in [-0.39, 0.29) is 29.4 Å². The maximum Gasteiger partial charge on any atom is 0.222 e. The van der Waals surface area contributed by atoms with Gasteiger partial charge in [-0.05, 0) is 25.7 Å². The third kappa shape index (κ3) is 2.54. The van der Waals surface area contributed by atoms with Crippen LogP contribution in [0.3, 0.4) is 0 Å². The molecule has 0 aromatic heterocycles. The van der Waals surface area contributed by atoms with E-state index >= 15 is 0 Å². The Labute approximate surface area is 109 Å². The first kappa shape index (κ1) is 13.8. The van der Waals surface area contributed by atoms with Crippen molar-refractivity contribution in [2.75, 3.05) is 19.8 Å². The highest BCUT2D eigenvalue weighted by Gasteiger charge is 2.58. The largest absolute Gasteiger partial charge is 0.396 e. The molecule has 1 unspecified atom stereocenters. The van der Waals surface area contributed by atoms with Gasteiger partial charge in [-0.25, -0.2) is 0 Å². The van der Waals surface area contributed by atoms with Crippen LogP contribution in [-0.4, -0.2) is 36.4 Å². The first-order valence-corrected chi connectivity index (χ1v) is 7.07. The van der Waals surface area contributed by atoms with Crippen LogP contribution in [0.5, 0.6) is 0 Å². The van der Waals surface area contributed by atoms with E-state index in [2.05, 4.69) is 12.2 Å². The Kier molecular flexibility index (Phi) is 3.97. The van der Waals surface area contributed by atoms with Gasteiger partial charge in [-0.1, -0.05) is 20.3 Å². The van der Waals surface area contributed by atoms with Crippen molar-refractivity contribution in [2.45, 2.75) is 51.6 Å². The van der Waals surface area contributed by atoms with Crippen LogP contribution in [0.2, 0.25) is 0 Å². The number of hydrogen-bond acceptors (Lipinski definition) is 3. The summed E-state index contributed by atoms with van der Waals surface area (Å²) in [7, 11) is 0. The fourth-order valence-electron chi connectivity index (χ4n) is 3.43. The molecule has 18 heavy (non-hydrogen) atoms. The topological polar surface area (TPSA) is 58.6 Å². The number of amides is 1. The van der Waals surface area contributed by atoms with Gasteiger partial charge in [0.25, 0.3) is 0 Å². The summed E-state index contributed by atoms with van der Waals surface area (Å²) >= 11 is 0. The highest BCUT2D eigenvalue weighted by molar-refractivity contribution is 5.78. The lowest BCUT2D eigenvalue weighted by Gasteiger charge is -2.59. The molecular formula is C14H25NO3. The molecule has 1 amide bonds. The Bertz CT molecular complexity index is 310. The summed E-state index contributed by atoms with van der Waals surface area (Å²) in [5.74, 6) is 0.208. The number of fused-ring (bicyclic) bond motifs is 2. The SMILES string of the molecule is CCCC(C)C(=O)NCC12CC(CO)(CCO1)C2. The molecule has 4 heteroatoms. The Morgan fingerprint density at radius 2 is 2.22 bits per heavy atom. The molecule has 1 atom stereocenters. The summed E-state index contributed by atoms with van der Waals surface area (Å²) in [6.07, 6.45) is 4.69. The quantitative estimate of drug-likeness (QED) is 0.755. The Morgan fingerprint density at radius 1 is 1.50 bits per heavy atom. The maximum absolute atomic E-state index is 11.9. The second-order valence-corrected chi connectivity index (χ2v) is 6.20. The van der Waals surface area contributed by atoms with Crippen molar-refractivity contribution in [2.24, 2.45) is 11.3 Å². The molecule has 1 aliphatic carbocycles.